The fourth-order valence-corrected chi connectivity index (χ4v) is 3.92. The number of rotatable bonds is 8. The highest BCUT2D eigenvalue weighted by Gasteiger charge is 2.44. The van der Waals surface area contributed by atoms with Gasteiger partial charge in [-0.25, -0.2) is 17.9 Å². The number of ether oxygens (including phenoxy) is 1. The predicted molar refractivity (Wildman–Crippen MR) is 103 cm³/mol. The minimum atomic E-state index is -4.31. The van der Waals surface area contributed by atoms with E-state index >= 15 is 0 Å². The van der Waals surface area contributed by atoms with Gasteiger partial charge in [0.05, 0.1) is 0 Å². The van der Waals surface area contributed by atoms with E-state index in [1.165, 1.54) is 13.0 Å². The summed E-state index contributed by atoms with van der Waals surface area (Å²) in [6.07, 6.45) is -3.80. The van der Waals surface area contributed by atoms with Crippen LogP contribution in [0.2, 0.25) is 0 Å². The summed E-state index contributed by atoms with van der Waals surface area (Å²) in [5.41, 5.74) is -0.331. The molecule has 1 aliphatic heterocycles. The first kappa shape index (κ1) is 24.5. The van der Waals surface area contributed by atoms with E-state index in [1.807, 2.05) is 0 Å². The number of amides is 1. The van der Waals surface area contributed by atoms with Crippen molar-refractivity contribution in [3.8, 4) is 0 Å². The van der Waals surface area contributed by atoms with Gasteiger partial charge in [0.1, 0.15) is 35.7 Å². The van der Waals surface area contributed by atoms with Crippen molar-refractivity contribution in [3.63, 3.8) is 0 Å². The van der Waals surface area contributed by atoms with Gasteiger partial charge < -0.3 is 34.9 Å². The molecule has 14 heteroatoms. The lowest BCUT2D eigenvalue weighted by Crippen LogP contribution is -2.64. The number of aliphatic hydroxyl groups excluding tert-OH is 3. The van der Waals surface area contributed by atoms with Gasteiger partial charge in [0.15, 0.2) is 6.29 Å². The Balaban J connectivity index is 2.04. The molecular formula is C16H21BrN2O10S. The number of carbonyl (C=O) groups excluding carboxylic acids is 1. The van der Waals surface area contributed by atoms with Crippen molar-refractivity contribution in [2.45, 2.75) is 42.7 Å². The molecule has 168 valence electrons. The molecule has 0 aliphatic carbocycles. The van der Waals surface area contributed by atoms with Crippen LogP contribution in [0.25, 0.3) is 0 Å². The molecular weight excluding hydrogens is 492 g/mol. The average molecular weight is 513 g/mol. The second-order valence-electron chi connectivity index (χ2n) is 6.33. The van der Waals surface area contributed by atoms with Crippen molar-refractivity contribution in [1.29, 1.82) is 0 Å². The van der Waals surface area contributed by atoms with E-state index < -0.39 is 64.2 Å². The molecule has 0 unspecified atom stereocenters. The molecule has 12 nitrogen and oxygen atoms in total. The van der Waals surface area contributed by atoms with Gasteiger partial charge in [-0.3, -0.25) is 4.79 Å². The Hall–Kier alpha value is -1.81. The van der Waals surface area contributed by atoms with Gasteiger partial charge in [0.25, 0.3) is 10.0 Å². The fourth-order valence-electron chi connectivity index (χ4n) is 2.70. The molecule has 2 rings (SSSR count). The summed E-state index contributed by atoms with van der Waals surface area (Å²) in [6.45, 7) is 0.703. The van der Waals surface area contributed by atoms with Crippen molar-refractivity contribution < 1.29 is 47.6 Å². The van der Waals surface area contributed by atoms with Gasteiger partial charge in [-0.2, -0.15) is 0 Å². The van der Waals surface area contributed by atoms with E-state index in [4.69, 9.17) is 14.3 Å². The van der Waals surface area contributed by atoms with Crippen molar-refractivity contribution in [2.24, 2.45) is 0 Å². The number of carboxylic acid groups (broad SMARTS) is 1. The van der Waals surface area contributed by atoms with E-state index in [9.17, 15) is 33.3 Å². The molecule has 1 aromatic rings. The predicted octanol–water partition coefficient (Wildman–Crippen LogP) is -1.56. The molecule has 1 amide bonds. The molecule has 0 spiro atoms. The number of sulfonamides is 1. The number of carboxylic acids is 1. The Morgan fingerprint density at radius 1 is 1.27 bits per heavy atom. The molecule has 30 heavy (non-hydrogen) atoms. The van der Waals surface area contributed by atoms with Crippen molar-refractivity contribution >= 4 is 37.8 Å². The first-order valence-corrected chi connectivity index (χ1v) is 11.1. The lowest BCUT2D eigenvalue weighted by atomic mass is 9.96. The Labute approximate surface area is 179 Å². The minimum Gasteiger partial charge on any atom is -0.478 e. The zero-order valence-electron chi connectivity index (χ0n) is 15.6. The Morgan fingerprint density at radius 3 is 2.50 bits per heavy atom. The molecule has 0 aromatic carbocycles. The van der Waals surface area contributed by atoms with Crippen molar-refractivity contribution in [3.05, 3.63) is 29.5 Å². The van der Waals surface area contributed by atoms with Crippen LogP contribution in [-0.4, -0.2) is 83.2 Å². The third-order valence-electron chi connectivity index (χ3n) is 4.25. The summed E-state index contributed by atoms with van der Waals surface area (Å²) in [5, 5.41) is 41.5. The maximum Gasteiger partial charge on any atom is 0.339 e. The summed E-state index contributed by atoms with van der Waals surface area (Å²) < 4.78 is 36.8. The molecule has 1 saturated heterocycles. The molecule has 6 N–H and O–H groups in total. The van der Waals surface area contributed by atoms with Crippen LogP contribution < -0.4 is 10.0 Å². The first-order chi connectivity index (χ1) is 14.0. The summed E-state index contributed by atoms with van der Waals surface area (Å²) in [6, 6.07) is -0.528. The summed E-state index contributed by atoms with van der Waals surface area (Å²) in [5.74, 6) is -2.13. The minimum absolute atomic E-state index is 0.116. The highest BCUT2D eigenvalue weighted by Crippen LogP contribution is 2.22. The quantitative estimate of drug-likeness (QED) is 0.175. The maximum atomic E-state index is 12.3. The summed E-state index contributed by atoms with van der Waals surface area (Å²) in [4.78, 5) is 22.7. The molecule has 2 heterocycles. The summed E-state index contributed by atoms with van der Waals surface area (Å²) in [7, 11) is -4.31. The largest absolute Gasteiger partial charge is 0.478 e. The van der Waals surface area contributed by atoms with Crippen molar-refractivity contribution in [2.75, 3.05) is 11.9 Å². The number of aromatic carboxylic acids is 1. The van der Waals surface area contributed by atoms with Crippen LogP contribution in [0.3, 0.4) is 0 Å². The van der Waals surface area contributed by atoms with Gasteiger partial charge >= 0.3 is 5.97 Å². The Bertz CT molecular complexity index is 915. The topological polar surface area (TPSA) is 196 Å². The number of furan rings is 1. The molecule has 0 radical (unpaired) electrons. The lowest BCUT2D eigenvalue weighted by Gasteiger charge is -2.40. The third-order valence-corrected chi connectivity index (χ3v) is 5.90. The highest BCUT2D eigenvalue weighted by molar-refractivity contribution is 9.09. The lowest BCUT2D eigenvalue weighted by molar-refractivity contribution is -0.244. The SMILES string of the molecule is Cc1oc(S(=O)(=O)NC[C@H]2O[C@H](O)[C@H](NC(=O)/C=C/CBr)[C@@H](O)[C@@H]2O)cc1C(=O)O. The van der Waals surface area contributed by atoms with E-state index in [2.05, 4.69) is 26.0 Å². The Morgan fingerprint density at radius 2 is 1.93 bits per heavy atom. The van der Waals surface area contributed by atoms with E-state index in [-0.39, 0.29) is 11.3 Å². The Kier molecular flexibility index (Phi) is 8.15. The van der Waals surface area contributed by atoms with Crippen LogP contribution in [0.15, 0.2) is 27.7 Å². The number of aryl methyl sites for hydroxylation is 1. The molecule has 0 saturated carbocycles. The molecule has 1 aliphatic rings. The van der Waals surface area contributed by atoms with Crippen LogP contribution >= 0.6 is 15.9 Å². The number of nitrogens with one attached hydrogen (secondary N) is 2. The molecule has 1 fully saturated rings. The molecule has 5 atom stereocenters. The van der Waals surface area contributed by atoms with E-state index in [1.54, 1.807) is 0 Å². The standard InChI is InChI=1S/C16H21BrN2O10S/c1-7-8(15(23)24)5-11(28-7)30(26,27)18-6-9-13(21)14(22)12(16(25)29-9)19-10(20)3-2-4-17/h2-3,5,9,12-14,16,18,21-22,25H,4,6H2,1H3,(H,19,20)(H,23,24)/b3-2+/t9-,12-,13-,14-,16+/m1/s1. The highest BCUT2D eigenvalue weighted by atomic mass is 79.9. The maximum absolute atomic E-state index is 12.3. The van der Waals surface area contributed by atoms with Gasteiger partial charge in [-0.15, -0.1) is 0 Å². The van der Waals surface area contributed by atoms with Crippen LogP contribution in [0.4, 0.5) is 0 Å². The third kappa shape index (κ3) is 5.66. The second-order valence-corrected chi connectivity index (χ2v) is 8.68. The van der Waals surface area contributed by atoms with Crippen LogP contribution in [0.5, 0.6) is 0 Å². The van der Waals surface area contributed by atoms with E-state index in [0.29, 0.717) is 5.33 Å². The van der Waals surface area contributed by atoms with Gasteiger partial charge in [-0.05, 0) is 13.0 Å². The zero-order chi connectivity index (χ0) is 22.6. The van der Waals surface area contributed by atoms with Gasteiger partial charge in [0.2, 0.25) is 11.0 Å². The number of halogens is 1. The number of alkyl halides is 1. The number of hydrogen-bond acceptors (Lipinski definition) is 9. The van der Waals surface area contributed by atoms with Crippen molar-refractivity contribution in [1.82, 2.24) is 10.0 Å². The first-order valence-electron chi connectivity index (χ1n) is 8.54. The fraction of sp³-hybridized carbons (Fsp3) is 0.500. The van der Waals surface area contributed by atoms with E-state index in [0.717, 1.165) is 12.1 Å². The molecule has 1 aromatic heterocycles. The second kappa shape index (κ2) is 10.00. The number of hydrogen-bond donors (Lipinski definition) is 6. The molecule has 0 bridgehead atoms. The van der Waals surface area contributed by atoms with Gasteiger partial charge in [-0.1, -0.05) is 22.0 Å². The van der Waals surface area contributed by atoms with Crippen LogP contribution in [0.1, 0.15) is 16.1 Å². The monoisotopic (exact) mass is 512 g/mol. The summed E-state index contributed by atoms with van der Waals surface area (Å²) >= 11 is 3.08. The van der Waals surface area contributed by atoms with Crippen LogP contribution in [0, 0.1) is 6.92 Å². The smallest absolute Gasteiger partial charge is 0.339 e. The van der Waals surface area contributed by atoms with Gasteiger partial charge in [0, 0.05) is 17.9 Å². The number of aliphatic hydroxyl groups is 3. The van der Waals surface area contributed by atoms with Crippen LogP contribution in [-0.2, 0) is 19.6 Å². The zero-order valence-corrected chi connectivity index (χ0v) is 18.0. The number of allylic oxidation sites excluding steroid dienone is 1. The average Bonchev–Trinajstić information content (AvgIpc) is 3.08. The normalized spacial score (nSPS) is 27.3. The number of carbonyl (C=O) groups is 2.